The van der Waals surface area contributed by atoms with Gasteiger partial charge in [0.1, 0.15) is 23.7 Å². The van der Waals surface area contributed by atoms with Gasteiger partial charge in [0.15, 0.2) is 6.10 Å². The lowest BCUT2D eigenvalue weighted by Crippen LogP contribution is -2.48. The van der Waals surface area contributed by atoms with Crippen molar-refractivity contribution in [2.75, 3.05) is 25.1 Å². The largest absolute Gasteiger partial charge is 0.457 e. The number of ether oxygens (including phenoxy) is 4. The first-order valence-corrected chi connectivity index (χ1v) is 10.2. The van der Waals surface area contributed by atoms with Crippen molar-refractivity contribution >= 4 is 17.8 Å². The van der Waals surface area contributed by atoms with Gasteiger partial charge in [0.25, 0.3) is 0 Å². The Balaban J connectivity index is 1.26. The summed E-state index contributed by atoms with van der Waals surface area (Å²) in [5.74, 6) is 1.39. The zero-order chi connectivity index (χ0) is 21.6. The second-order valence-corrected chi connectivity index (χ2v) is 7.21. The van der Waals surface area contributed by atoms with Gasteiger partial charge in [0, 0.05) is 12.2 Å². The second kappa shape index (κ2) is 9.67. The van der Waals surface area contributed by atoms with Crippen LogP contribution < -0.4 is 20.7 Å². The first-order chi connectivity index (χ1) is 15.1. The number of carbonyl (C=O) groups is 2. The van der Waals surface area contributed by atoms with E-state index >= 15 is 0 Å². The van der Waals surface area contributed by atoms with Crippen LogP contribution in [0.1, 0.15) is 6.92 Å². The van der Waals surface area contributed by atoms with Crippen LogP contribution >= 0.6 is 0 Å². The van der Waals surface area contributed by atoms with Gasteiger partial charge in [-0.2, -0.15) is 0 Å². The van der Waals surface area contributed by atoms with E-state index < -0.39 is 18.3 Å². The molecule has 31 heavy (non-hydrogen) atoms. The summed E-state index contributed by atoms with van der Waals surface area (Å²) in [7, 11) is 0. The number of fused-ring (bicyclic) bond motifs is 1. The summed E-state index contributed by atoms with van der Waals surface area (Å²) in [5.41, 5.74) is 0.573. The maximum atomic E-state index is 12.3. The topological polar surface area (TPSA) is 107 Å². The van der Waals surface area contributed by atoms with E-state index in [0.717, 1.165) is 5.75 Å². The molecule has 0 radical (unpaired) electrons. The van der Waals surface area contributed by atoms with Crippen molar-refractivity contribution in [2.45, 2.75) is 31.3 Å². The monoisotopic (exact) mass is 427 g/mol. The second-order valence-electron chi connectivity index (χ2n) is 7.21. The van der Waals surface area contributed by atoms with E-state index in [0.29, 0.717) is 24.6 Å². The molecule has 0 saturated carbocycles. The number of amides is 3. The molecule has 0 unspecified atom stereocenters. The minimum absolute atomic E-state index is 0.209. The standard InChI is InChI=1S/C22H25N3O6/c1-2-23-21(26)25-17-12-28-20-18(13-29-19(17)20)31-22(27)24-14-8-10-16(11-9-14)30-15-6-4-3-5-7-15/h3-11,17-20H,2,12-13H2,1H3,(H,24,27)(H2,23,25,26)/t17-,18-,19-,20+/m1/s1. The van der Waals surface area contributed by atoms with E-state index in [-0.39, 0.29) is 24.8 Å². The number of carbonyl (C=O) groups excluding carboxylic acids is 2. The van der Waals surface area contributed by atoms with Crippen LogP contribution in [0.15, 0.2) is 54.6 Å². The number of anilines is 1. The molecule has 2 heterocycles. The predicted molar refractivity (Wildman–Crippen MR) is 112 cm³/mol. The molecule has 4 rings (SSSR count). The van der Waals surface area contributed by atoms with Crippen molar-refractivity contribution in [3.05, 3.63) is 54.6 Å². The molecule has 4 atom stereocenters. The predicted octanol–water partition coefficient (Wildman–Crippen LogP) is 2.88. The number of nitrogens with one attached hydrogen (secondary N) is 3. The van der Waals surface area contributed by atoms with E-state index in [9.17, 15) is 9.59 Å². The normalized spacial score (nSPS) is 24.2. The lowest BCUT2D eigenvalue weighted by Gasteiger charge is -2.18. The quantitative estimate of drug-likeness (QED) is 0.654. The highest BCUT2D eigenvalue weighted by Crippen LogP contribution is 2.29. The molecule has 0 spiro atoms. The maximum Gasteiger partial charge on any atom is 0.412 e. The number of para-hydroxylation sites is 1. The van der Waals surface area contributed by atoms with Crippen molar-refractivity contribution in [3.63, 3.8) is 0 Å². The van der Waals surface area contributed by atoms with Gasteiger partial charge in [0.05, 0.1) is 19.3 Å². The van der Waals surface area contributed by atoms with Crippen LogP contribution in [0.25, 0.3) is 0 Å². The van der Waals surface area contributed by atoms with Crippen LogP contribution in [-0.2, 0) is 14.2 Å². The van der Waals surface area contributed by atoms with Gasteiger partial charge in [-0.25, -0.2) is 9.59 Å². The zero-order valence-electron chi connectivity index (χ0n) is 17.1. The molecule has 2 saturated heterocycles. The summed E-state index contributed by atoms with van der Waals surface area (Å²) in [6.07, 6.45) is -1.92. The average Bonchev–Trinajstić information content (AvgIpc) is 3.34. The van der Waals surface area contributed by atoms with Crippen LogP contribution in [0.2, 0.25) is 0 Å². The van der Waals surface area contributed by atoms with Crippen LogP contribution in [0, 0.1) is 0 Å². The van der Waals surface area contributed by atoms with Crippen molar-refractivity contribution in [3.8, 4) is 11.5 Å². The van der Waals surface area contributed by atoms with Crippen LogP contribution in [-0.4, -0.2) is 56.2 Å². The van der Waals surface area contributed by atoms with Crippen LogP contribution in [0.3, 0.4) is 0 Å². The molecule has 2 aromatic carbocycles. The lowest BCUT2D eigenvalue weighted by atomic mass is 10.1. The van der Waals surface area contributed by atoms with Gasteiger partial charge in [-0.15, -0.1) is 0 Å². The number of rotatable bonds is 6. The number of benzene rings is 2. The molecule has 3 amide bonds. The van der Waals surface area contributed by atoms with Gasteiger partial charge < -0.3 is 29.6 Å². The summed E-state index contributed by atoms with van der Waals surface area (Å²) in [5, 5.41) is 8.19. The molecule has 3 N–H and O–H groups in total. The lowest BCUT2D eigenvalue weighted by molar-refractivity contribution is 0.00872. The summed E-state index contributed by atoms with van der Waals surface area (Å²) in [6.45, 7) is 2.88. The zero-order valence-corrected chi connectivity index (χ0v) is 17.1. The van der Waals surface area contributed by atoms with Crippen molar-refractivity contribution < 1.29 is 28.5 Å². The smallest absolute Gasteiger partial charge is 0.412 e. The molecule has 0 aromatic heterocycles. The highest BCUT2D eigenvalue weighted by Gasteiger charge is 2.50. The number of hydrogen-bond acceptors (Lipinski definition) is 6. The van der Waals surface area contributed by atoms with Crippen LogP contribution in [0.5, 0.6) is 11.5 Å². The molecule has 9 nitrogen and oxygen atoms in total. The Morgan fingerprint density at radius 3 is 2.42 bits per heavy atom. The van der Waals surface area contributed by atoms with E-state index in [2.05, 4.69) is 16.0 Å². The summed E-state index contributed by atoms with van der Waals surface area (Å²) >= 11 is 0. The maximum absolute atomic E-state index is 12.3. The molecule has 2 aliphatic rings. The molecule has 2 fully saturated rings. The Kier molecular flexibility index (Phi) is 6.54. The Morgan fingerprint density at radius 1 is 0.968 bits per heavy atom. The molecule has 2 aromatic rings. The first-order valence-electron chi connectivity index (χ1n) is 10.2. The Bertz CT molecular complexity index is 892. The van der Waals surface area contributed by atoms with Crippen molar-refractivity contribution in [1.29, 1.82) is 0 Å². The molecule has 9 heteroatoms. The van der Waals surface area contributed by atoms with E-state index in [1.807, 2.05) is 37.3 Å². The minimum Gasteiger partial charge on any atom is -0.457 e. The van der Waals surface area contributed by atoms with Gasteiger partial charge >= 0.3 is 12.1 Å². The third-order valence-corrected chi connectivity index (χ3v) is 5.00. The fourth-order valence-corrected chi connectivity index (χ4v) is 3.58. The molecule has 164 valence electrons. The molecule has 0 bridgehead atoms. The first kappa shape index (κ1) is 21.0. The number of urea groups is 1. The highest BCUT2D eigenvalue weighted by molar-refractivity contribution is 5.84. The molecular formula is C22H25N3O6. The summed E-state index contributed by atoms with van der Waals surface area (Å²) in [4.78, 5) is 24.1. The van der Waals surface area contributed by atoms with E-state index in [1.54, 1.807) is 24.3 Å². The van der Waals surface area contributed by atoms with Crippen LogP contribution in [0.4, 0.5) is 15.3 Å². The molecular weight excluding hydrogens is 402 g/mol. The fraction of sp³-hybridized carbons (Fsp3) is 0.364. The fourth-order valence-electron chi connectivity index (χ4n) is 3.58. The highest BCUT2D eigenvalue weighted by atomic mass is 16.6. The number of hydrogen-bond donors (Lipinski definition) is 3. The molecule has 2 aliphatic heterocycles. The Morgan fingerprint density at radius 2 is 1.68 bits per heavy atom. The average molecular weight is 427 g/mol. The Labute approximate surface area is 180 Å². The SMILES string of the molecule is CCNC(=O)N[C@@H]1CO[C@@H]2[C@@H]1OC[C@H]2OC(=O)Nc1ccc(Oc2ccccc2)cc1. The van der Waals surface area contributed by atoms with Gasteiger partial charge in [0.2, 0.25) is 0 Å². The minimum atomic E-state index is -0.602. The summed E-state index contributed by atoms with van der Waals surface area (Å²) < 4.78 is 22.7. The van der Waals surface area contributed by atoms with Gasteiger partial charge in [-0.3, -0.25) is 5.32 Å². The van der Waals surface area contributed by atoms with Crippen molar-refractivity contribution in [2.24, 2.45) is 0 Å². The Hall–Kier alpha value is -3.30. The third-order valence-electron chi connectivity index (χ3n) is 5.00. The molecule has 0 aliphatic carbocycles. The van der Waals surface area contributed by atoms with Crippen molar-refractivity contribution in [1.82, 2.24) is 10.6 Å². The van der Waals surface area contributed by atoms with E-state index in [4.69, 9.17) is 18.9 Å². The van der Waals surface area contributed by atoms with E-state index in [1.165, 1.54) is 0 Å². The summed E-state index contributed by atoms with van der Waals surface area (Å²) in [6, 6.07) is 15.8. The third kappa shape index (κ3) is 5.25. The van der Waals surface area contributed by atoms with Gasteiger partial charge in [-0.05, 0) is 43.3 Å². The van der Waals surface area contributed by atoms with Gasteiger partial charge in [-0.1, -0.05) is 18.2 Å².